The normalized spacial score (nSPS) is 20.2. The Balaban J connectivity index is 1.73. The van der Waals surface area contributed by atoms with E-state index in [2.05, 4.69) is 31.4 Å². The highest BCUT2D eigenvalue weighted by atomic mass is 16.5. The van der Waals surface area contributed by atoms with Gasteiger partial charge in [-0.2, -0.15) is 4.98 Å². The minimum absolute atomic E-state index is 0.108. The fourth-order valence-electron chi connectivity index (χ4n) is 3.54. The second kappa shape index (κ2) is 5.84. The molecule has 7 heteroatoms. The summed E-state index contributed by atoms with van der Waals surface area (Å²) in [7, 11) is 0. The summed E-state index contributed by atoms with van der Waals surface area (Å²) < 4.78 is 5.15. The minimum Gasteiger partial charge on any atom is -0.368 e. The van der Waals surface area contributed by atoms with Crippen molar-refractivity contribution in [2.45, 2.75) is 25.8 Å². The molecule has 1 aliphatic rings. The lowest BCUT2D eigenvalue weighted by Gasteiger charge is -2.27. The van der Waals surface area contributed by atoms with Crippen molar-refractivity contribution in [3.05, 3.63) is 48.2 Å². The van der Waals surface area contributed by atoms with Crippen molar-refractivity contribution in [3.8, 4) is 0 Å². The molecule has 0 radical (unpaired) electrons. The van der Waals surface area contributed by atoms with E-state index in [0.29, 0.717) is 24.7 Å². The first-order valence-corrected chi connectivity index (χ1v) is 8.26. The topological polar surface area (TPSA) is 84.2 Å². The number of amides is 1. The van der Waals surface area contributed by atoms with Gasteiger partial charge in [-0.05, 0) is 18.6 Å². The number of hydrogen-bond acceptors (Lipinski definition) is 6. The monoisotopic (exact) mass is 337 g/mol. The van der Waals surface area contributed by atoms with Crippen LogP contribution in [0.5, 0.6) is 0 Å². The van der Waals surface area contributed by atoms with E-state index in [1.807, 2.05) is 30.5 Å². The van der Waals surface area contributed by atoms with Crippen LogP contribution in [0.4, 0.5) is 5.69 Å². The molecule has 1 aromatic carbocycles. The molecule has 3 heterocycles. The first-order valence-electron chi connectivity index (χ1n) is 8.26. The van der Waals surface area contributed by atoms with E-state index in [9.17, 15) is 4.79 Å². The number of para-hydroxylation sites is 1. The zero-order chi connectivity index (χ0) is 17.4. The summed E-state index contributed by atoms with van der Waals surface area (Å²) in [5, 5.41) is 8.22. The fourth-order valence-corrected chi connectivity index (χ4v) is 3.54. The Morgan fingerprint density at radius 2 is 2.16 bits per heavy atom. The first-order chi connectivity index (χ1) is 12.1. The maximum atomic E-state index is 11.8. The minimum atomic E-state index is -0.645. The summed E-state index contributed by atoms with van der Waals surface area (Å²) in [5.41, 5.74) is 1.40. The third-order valence-electron chi connectivity index (χ3n) is 4.61. The van der Waals surface area contributed by atoms with E-state index in [1.165, 1.54) is 6.92 Å². The van der Waals surface area contributed by atoms with Crippen LogP contribution in [0.1, 0.15) is 25.1 Å². The molecule has 25 heavy (non-hydrogen) atoms. The largest absolute Gasteiger partial charge is 0.368 e. The Morgan fingerprint density at radius 1 is 1.32 bits per heavy atom. The molecule has 2 aromatic heterocycles. The summed E-state index contributed by atoms with van der Waals surface area (Å²) in [6.45, 7) is 4.63. The lowest BCUT2D eigenvalue weighted by molar-refractivity contribution is -0.120. The predicted molar refractivity (Wildman–Crippen MR) is 93.1 cm³/mol. The molecule has 1 amide bonds. The second-order valence-electron chi connectivity index (χ2n) is 6.42. The van der Waals surface area contributed by atoms with Crippen LogP contribution in [-0.2, 0) is 10.3 Å². The van der Waals surface area contributed by atoms with E-state index >= 15 is 0 Å². The SMILES string of the molecule is CC(=O)N[C@]1(c2noc(C)n2)CCN(c2ccnc3ccccc23)C1. The Kier molecular flexibility index (Phi) is 3.63. The fraction of sp³-hybridized carbons (Fsp3) is 0.333. The number of benzene rings is 1. The molecule has 0 saturated carbocycles. The quantitative estimate of drug-likeness (QED) is 0.788. The first kappa shape index (κ1) is 15.6. The molecule has 1 fully saturated rings. The van der Waals surface area contributed by atoms with E-state index in [-0.39, 0.29) is 5.91 Å². The highest BCUT2D eigenvalue weighted by Gasteiger charge is 2.44. The maximum Gasteiger partial charge on any atom is 0.223 e. The van der Waals surface area contributed by atoms with Crippen LogP contribution < -0.4 is 10.2 Å². The third-order valence-corrected chi connectivity index (χ3v) is 4.61. The number of aryl methyl sites for hydroxylation is 1. The molecule has 0 spiro atoms. The lowest BCUT2D eigenvalue weighted by atomic mass is 9.97. The number of pyridine rings is 1. The molecule has 1 saturated heterocycles. The molecular formula is C18H19N5O2. The average molecular weight is 337 g/mol. The molecular weight excluding hydrogens is 318 g/mol. The lowest BCUT2D eigenvalue weighted by Crippen LogP contribution is -2.48. The number of carbonyl (C=O) groups excluding carboxylic acids is 1. The summed E-state index contributed by atoms with van der Waals surface area (Å²) in [4.78, 5) is 22.9. The van der Waals surface area contributed by atoms with Gasteiger partial charge in [0.05, 0.1) is 5.52 Å². The van der Waals surface area contributed by atoms with Crippen LogP contribution >= 0.6 is 0 Å². The standard InChI is InChI=1S/C18H19N5O2/c1-12(24)21-18(17-20-13(2)25-22-17)8-10-23(11-18)16-7-9-19-15-6-4-3-5-14(15)16/h3-7,9H,8,10-11H2,1-2H3,(H,21,24)/t18-/m1/s1. The van der Waals surface area contributed by atoms with E-state index in [4.69, 9.17) is 4.52 Å². The third kappa shape index (κ3) is 2.71. The van der Waals surface area contributed by atoms with Gasteiger partial charge in [0, 0.05) is 44.2 Å². The van der Waals surface area contributed by atoms with Gasteiger partial charge in [-0.15, -0.1) is 0 Å². The molecule has 7 nitrogen and oxygen atoms in total. The van der Waals surface area contributed by atoms with Gasteiger partial charge in [-0.25, -0.2) is 0 Å². The van der Waals surface area contributed by atoms with Crippen molar-refractivity contribution >= 4 is 22.5 Å². The highest BCUT2D eigenvalue weighted by Crippen LogP contribution is 2.36. The molecule has 1 aliphatic heterocycles. The van der Waals surface area contributed by atoms with Crippen molar-refractivity contribution in [3.63, 3.8) is 0 Å². The van der Waals surface area contributed by atoms with Crippen LogP contribution in [0.15, 0.2) is 41.1 Å². The van der Waals surface area contributed by atoms with Gasteiger partial charge in [-0.1, -0.05) is 23.4 Å². The van der Waals surface area contributed by atoms with Gasteiger partial charge in [0.2, 0.25) is 11.8 Å². The van der Waals surface area contributed by atoms with E-state index in [1.54, 1.807) is 6.92 Å². The number of carbonyl (C=O) groups is 1. The van der Waals surface area contributed by atoms with Crippen LogP contribution in [0.2, 0.25) is 0 Å². The van der Waals surface area contributed by atoms with Crippen LogP contribution in [0, 0.1) is 6.92 Å². The Morgan fingerprint density at radius 3 is 2.92 bits per heavy atom. The van der Waals surface area contributed by atoms with Crippen molar-refractivity contribution in [1.29, 1.82) is 0 Å². The smallest absolute Gasteiger partial charge is 0.223 e. The van der Waals surface area contributed by atoms with Crippen molar-refractivity contribution in [2.24, 2.45) is 0 Å². The van der Waals surface area contributed by atoms with Gasteiger partial charge in [0.15, 0.2) is 5.82 Å². The Labute approximate surface area is 145 Å². The summed E-state index contributed by atoms with van der Waals surface area (Å²) >= 11 is 0. The number of aromatic nitrogens is 3. The van der Waals surface area contributed by atoms with Gasteiger partial charge >= 0.3 is 0 Å². The van der Waals surface area contributed by atoms with Crippen molar-refractivity contribution in [1.82, 2.24) is 20.4 Å². The summed E-state index contributed by atoms with van der Waals surface area (Å²) in [6.07, 6.45) is 2.52. The zero-order valence-corrected chi connectivity index (χ0v) is 14.2. The number of nitrogens with one attached hydrogen (secondary N) is 1. The molecule has 1 N–H and O–H groups in total. The van der Waals surface area contributed by atoms with E-state index < -0.39 is 5.54 Å². The molecule has 4 rings (SSSR count). The van der Waals surface area contributed by atoms with Crippen LogP contribution in [0.25, 0.3) is 10.9 Å². The molecule has 1 atom stereocenters. The molecule has 0 unspecified atom stereocenters. The number of nitrogens with zero attached hydrogens (tertiary/aromatic N) is 4. The Bertz CT molecular complexity index is 933. The molecule has 3 aromatic rings. The predicted octanol–water partition coefficient (Wildman–Crippen LogP) is 2.17. The van der Waals surface area contributed by atoms with Crippen LogP contribution in [0.3, 0.4) is 0 Å². The van der Waals surface area contributed by atoms with Crippen molar-refractivity contribution < 1.29 is 9.32 Å². The number of fused-ring (bicyclic) bond motifs is 1. The highest BCUT2D eigenvalue weighted by molar-refractivity contribution is 5.91. The molecule has 0 bridgehead atoms. The summed E-state index contributed by atoms with van der Waals surface area (Å²) in [6, 6.07) is 10.1. The van der Waals surface area contributed by atoms with Crippen molar-refractivity contribution in [2.75, 3.05) is 18.0 Å². The number of anilines is 1. The Hall–Kier alpha value is -2.96. The number of rotatable bonds is 3. The summed E-state index contributed by atoms with van der Waals surface area (Å²) in [5.74, 6) is 0.914. The van der Waals surface area contributed by atoms with Crippen LogP contribution in [-0.4, -0.2) is 34.1 Å². The van der Waals surface area contributed by atoms with Gasteiger partial charge in [0.1, 0.15) is 5.54 Å². The van der Waals surface area contributed by atoms with Gasteiger partial charge < -0.3 is 14.7 Å². The number of hydrogen-bond donors (Lipinski definition) is 1. The van der Waals surface area contributed by atoms with Gasteiger partial charge in [-0.3, -0.25) is 9.78 Å². The van der Waals surface area contributed by atoms with E-state index in [0.717, 1.165) is 23.1 Å². The molecule has 128 valence electrons. The maximum absolute atomic E-state index is 11.8. The van der Waals surface area contributed by atoms with Gasteiger partial charge in [0.25, 0.3) is 0 Å². The zero-order valence-electron chi connectivity index (χ0n) is 14.2. The average Bonchev–Trinajstić information content (AvgIpc) is 3.21. The molecule has 0 aliphatic carbocycles. The second-order valence-corrected chi connectivity index (χ2v) is 6.42.